The Morgan fingerprint density at radius 3 is 2.63 bits per heavy atom. The van der Waals surface area contributed by atoms with Gasteiger partial charge in [0.25, 0.3) is 0 Å². The van der Waals surface area contributed by atoms with Crippen LogP contribution < -0.4 is 15.4 Å². The molecule has 2 aromatic rings. The Bertz CT molecular complexity index is 1090. The van der Waals surface area contributed by atoms with E-state index in [4.69, 9.17) is 4.74 Å². The number of aryl methyl sites for hydroxylation is 2. The molecule has 38 heavy (non-hydrogen) atoms. The van der Waals surface area contributed by atoms with Gasteiger partial charge in [-0.25, -0.2) is 0 Å². The fraction of sp³-hybridized carbons (Fsp3) is 0.516. The van der Waals surface area contributed by atoms with Crippen LogP contribution in [0.2, 0.25) is 0 Å². The summed E-state index contributed by atoms with van der Waals surface area (Å²) >= 11 is 0. The molecule has 1 saturated heterocycles. The van der Waals surface area contributed by atoms with Crippen LogP contribution in [0.1, 0.15) is 68.1 Å². The number of piperidine rings is 1. The van der Waals surface area contributed by atoms with Crippen LogP contribution in [0.4, 0.5) is 0 Å². The molecule has 3 amide bonds. The van der Waals surface area contributed by atoms with Gasteiger partial charge in [0.15, 0.2) is 0 Å². The number of hydrogen-bond acceptors (Lipinski definition) is 4. The summed E-state index contributed by atoms with van der Waals surface area (Å²) in [6, 6.07) is 15.3. The van der Waals surface area contributed by atoms with Gasteiger partial charge in [0.05, 0.1) is 6.61 Å². The number of fused-ring (bicyclic) bond motifs is 4. The highest BCUT2D eigenvalue weighted by Crippen LogP contribution is 2.23. The van der Waals surface area contributed by atoms with Crippen LogP contribution >= 0.6 is 0 Å². The Labute approximate surface area is 226 Å². The van der Waals surface area contributed by atoms with Gasteiger partial charge in [-0.3, -0.25) is 14.4 Å². The van der Waals surface area contributed by atoms with E-state index in [2.05, 4.69) is 10.6 Å². The van der Waals surface area contributed by atoms with Gasteiger partial charge in [0.1, 0.15) is 11.8 Å². The predicted molar refractivity (Wildman–Crippen MR) is 148 cm³/mol. The van der Waals surface area contributed by atoms with Crippen LogP contribution in [-0.4, -0.2) is 48.4 Å². The van der Waals surface area contributed by atoms with Crippen molar-refractivity contribution in [2.24, 2.45) is 5.92 Å². The highest BCUT2D eigenvalue weighted by Gasteiger charge is 2.24. The minimum absolute atomic E-state index is 0.148. The van der Waals surface area contributed by atoms with Crippen molar-refractivity contribution in [3.8, 4) is 5.75 Å². The summed E-state index contributed by atoms with van der Waals surface area (Å²) in [5, 5.41) is 5.99. The second-order valence-corrected chi connectivity index (χ2v) is 10.6. The summed E-state index contributed by atoms with van der Waals surface area (Å²) < 4.78 is 6.08. The summed E-state index contributed by atoms with van der Waals surface area (Å²) in [6.07, 6.45) is 6.32. The van der Waals surface area contributed by atoms with E-state index in [1.807, 2.05) is 60.4 Å². The van der Waals surface area contributed by atoms with E-state index in [1.165, 1.54) is 0 Å². The molecule has 7 heteroatoms. The molecule has 1 fully saturated rings. The van der Waals surface area contributed by atoms with E-state index in [9.17, 15) is 14.4 Å². The van der Waals surface area contributed by atoms with Crippen LogP contribution in [0.3, 0.4) is 0 Å². The molecule has 7 nitrogen and oxygen atoms in total. The van der Waals surface area contributed by atoms with Crippen molar-refractivity contribution >= 4 is 17.7 Å². The zero-order valence-corrected chi connectivity index (χ0v) is 22.5. The maximum atomic E-state index is 13.2. The average molecular weight is 520 g/mol. The molecule has 2 atom stereocenters. The molecule has 0 saturated carbocycles. The third-order valence-corrected chi connectivity index (χ3v) is 7.70. The molecular formula is C31H41N3O4. The van der Waals surface area contributed by atoms with Crippen LogP contribution in [0, 0.1) is 12.8 Å². The SMILES string of the molecule is Cc1ccc2cc1CNC(=O)[C@H](CCc1ccccc1)NC(=O)CCCCC(=O)N1CCCC(CCO2)C1. The van der Waals surface area contributed by atoms with Gasteiger partial charge in [0.2, 0.25) is 17.7 Å². The number of carbonyl (C=O) groups is 3. The second-order valence-electron chi connectivity index (χ2n) is 10.6. The lowest BCUT2D eigenvalue weighted by atomic mass is 9.94. The lowest BCUT2D eigenvalue weighted by Crippen LogP contribution is -2.46. The first-order valence-electron chi connectivity index (χ1n) is 14.1. The van der Waals surface area contributed by atoms with E-state index >= 15 is 0 Å². The minimum atomic E-state index is -0.625. The van der Waals surface area contributed by atoms with Gasteiger partial charge < -0.3 is 20.3 Å². The number of nitrogens with zero attached hydrogens (tertiary/aromatic N) is 1. The molecule has 2 heterocycles. The van der Waals surface area contributed by atoms with Crippen LogP contribution in [0.15, 0.2) is 48.5 Å². The number of benzene rings is 2. The summed E-state index contributed by atoms with van der Waals surface area (Å²) in [6.45, 7) is 4.60. The Kier molecular flexibility index (Phi) is 10.2. The molecule has 4 bridgehead atoms. The van der Waals surface area contributed by atoms with Gasteiger partial charge in [-0.2, -0.15) is 0 Å². The number of rotatable bonds is 3. The van der Waals surface area contributed by atoms with Crippen molar-refractivity contribution < 1.29 is 19.1 Å². The normalized spacial score (nSPS) is 22.1. The summed E-state index contributed by atoms with van der Waals surface area (Å²) in [7, 11) is 0. The van der Waals surface area contributed by atoms with Crippen molar-refractivity contribution in [1.29, 1.82) is 0 Å². The van der Waals surface area contributed by atoms with Crippen LogP contribution in [-0.2, 0) is 27.3 Å². The molecule has 4 rings (SSSR count). The molecule has 0 aromatic heterocycles. The maximum Gasteiger partial charge on any atom is 0.242 e. The van der Waals surface area contributed by atoms with Crippen molar-refractivity contribution in [3.63, 3.8) is 0 Å². The summed E-state index contributed by atoms with van der Waals surface area (Å²) in [4.78, 5) is 40.8. The molecule has 204 valence electrons. The Balaban J connectivity index is 1.46. The second kappa shape index (κ2) is 14.0. The quantitative estimate of drug-likeness (QED) is 0.633. The number of nitrogens with one attached hydrogen (secondary N) is 2. The van der Waals surface area contributed by atoms with Crippen LogP contribution in [0.5, 0.6) is 5.75 Å². The van der Waals surface area contributed by atoms with E-state index in [0.717, 1.165) is 54.8 Å². The summed E-state index contributed by atoms with van der Waals surface area (Å²) in [5.41, 5.74) is 3.19. The van der Waals surface area contributed by atoms with Crippen molar-refractivity contribution in [2.45, 2.75) is 77.3 Å². The third kappa shape index (κ3) is 8.33. The standard InChI is InChI=1S/C31H41N3O4/c1-23-13-15-27-20-26(23)21-32-31(37)28(16-14-24-8-3-2-4-9-24)33-29(35)11-5-6-12-30(36)34-18-7-10-25(22-34)17-19-38-27/h2-4,8-9,13,15,20,25,28H,5-7,10-12,14,16-19,21-22H2,1H3,(H,32,37)(H,33,35)/t25?,28-/m0/s1. The van der Waals surface area contributed by atoms with Crippen molar-refractivity contribution in [2.75, 3.05) is 19.7 Å². The molecule has 0 aliphatic carbocycles. The highest BCUT2D eigenvalue weighted by molar-refractivity contribution is 5.87. The number of hydrogen-bond donors (Lipinski definition) is 2. The van der Waals surface area contributed by atoms with Gasteiger partial charge in [-0.05, 0) is 86.6 Å². The topological polar surface area (TPSA) is 87.7 Å². The Hall–Kier alpha value is -3.35. The molecule has 0 spiro atoms. The Morgan fingerprint density at radius 1 is 0.974 bits per heavy atom. The lowest BCUT2D eigenvalue weighted by Gasteiger charge is -2.33. The summed E-state index contributed by atoms with van der Waals surface area (Å²) in [5.74, 6) is 1.07. The Morgan fingerprint density at radius 2 is 1.79 bits per heavy atom. The number of amides is 3. The van der Waals surface area contributed by atoms with Gasteiger partial charge in [-0.1, -0.05) is 36.4 Å². The molecule has 2 aliphatic heterocycles. The third-order valence-electron chi connectivity index (χ3n) is 7.70. The predicted octanol–water partition coefficient (Wildman–Crippen LogP) is 4.31. The first kappa shape index (κ1) is 27.7. The number of carbonyl (C=O) groups excluding carboxylic acids is 3. The molecular weight excluding hydrogens is 478 g/mol. The fourth-order valence-electron chi connectivity index (χ4n) is 5.32. The molecule has 2 aliphatic rings. The largest absolute Gasteiger partial charge is 0.494 e. The molecule has 2 aromatic carbocycles. The average Bonchev–Trinajstić information content (AvgIpc) is 2.93. The highest BCUT2D eigenvalue weighted by atomic mass is 16.5. The fourth-order valence-corrected chi connectivity index (χ4v) is 5.32. The maximum absolute atomic E-state index is 13.2. The number of ether oxygens (including phenoxy) is 1. The first-order valence-corrected chi connectivity index (χ1v) is 14.1. The van der Waals surface area contributed by atoms with Crippen molar-refractivity contribution in [1.82, 2.24) is 15.5 Å². The zero-order valence-electron chi connectivity index (χ0n) is 22.5. The van der Waals surface area contributed by atoms with Gasteiger partial charge >= 0.3 is 0 Å². The van der Waals surface area contributed by atoms with Gasteiger partial charge in [0, 0.05) is 32.5 Å². The lowest BCUT2D eigenvalue weighted by molar-refractivity contribution is -0.133. The van der Waals surface area contributed by atoms with Crippen molar-refractivity contribution in [3.05, 3.63) is 65.2 Å². The monoisotopic (exact) mass is 519 g/mol. The molecule has 1 unspecified atom stereocenters. The van der Waals surface area contributed by atoms with Crippen LogP contribution in [0.25, 0.3) is 0 Å². The molecule has 2 N–H and O–H groups in total. The van der Waals surface area contributed by atoms with E-state index in [0.29, 0.717) is 57.6 Å². The minimum Gasteiger partial charge on any atom is -0.494 e. The van der Waals surface area contributed by atoms with E-state index in [1.54, 1.807) is 0 Å². The smallest absolute Gasteiger partial charge is 0.242 e. The van der Waals surface area contributed by atoms with Gasteiger partial charge in [-0.15, -0.1) is 0 Å². The molecule has 0 radical (unpaired) electrons. The zero-order chi connectivity index (χ0) is 26.7. The first-order chi connectivity index (χ1) is 18.5. The van der Waals surface area contributed by atoms with E-state index < -0.39 is 6.04 Å². The van der Waals surface area contributed by atoms with E-state index in [-0.39, 0.29) is 17.7 Å².